The number of aliphatic hydroxyl groups is 2. The van der Waals surface area contributed by atoms with Crippen LogP contribution in [0, 0.1) is 11.8 Å². The van der Waals surface area contributed by atoms with Crippen LogP contribution in [0.15, 0.2) is 0 Å². The van der Waals surface area contributed by atoms with Crippen molar-refractivity contribution in [3.8, 4) is 0 Å². The van der Waals surface area contributed by atoms with E-state index >= 15 is 0 Å². The van der Waals surface area contributed by atoms with E-state index in [2.05, 4.69) is 79.9 Å². The van der Waals surface area contributed by atoms with E-state index < -0.39 is 24.4 Å². The minimum atomic E-state index is -0.637. The summed E-state index contributed by atoms with van der Waals surface area (Å²) in [4.78, 5) is 38.6. The van der Waals surface area contributed by atoms with Gasteiger partial charge in [0.05, 0.1) is 12.2 Å². The smallest absolute Gasteiger partial charge is 0.250 e. The first-order valence-corrected chi connectivity index (χ1v) is 18.3. The number of amides is 2. The highest BCUT2D eigenvalue weighted by atomic mass is 16.7. The summed E-state index contributed by atoms with van der Waals surface area (Å²) in [6, 6.07) is 0. The van der Waals surface area contributed by atoms with Crippen LogP contribution in [0.3, 0.4) is 0 Å². The molecule has 2 fully saturated rings. The summed E-state index contributed by atoms with van der Waals surface area (Å²) in [6.07, 6.45) is 5.96. The molecular weight excluding hydrogens is 584 g/mol. The lowest BCUT2D eigenvalue weighted by atomic mass is 9.69. The highest BCUT2D eigenvalue weighted by Crippen LogP contribution is 2.47. The molecule has 0 bridgehead atoms. The van der Waals surface area contributed by atoms with Crippen LogP contribution in [0.25, 0.3) is 0 Å². The molecule has 2 amide bonds. The van der Waals surface area contributed by atoms with Gasteiger partial charge < -0.3 is 20.8 Å². The highest BCUT2D eigenvalue weighted by Gasteiger charge is 2.55. The third kappa shape index (κ3) is 8.83. The average Bonchev–Trinajstić information content (AvgIpc) is 3.03. The van der Waals surface area contributed by atoms with E-state index in [0.717, 1.165) is 51.4 Å². The first-order valence-electron chi connectivity index (χ1n) is 18.3. The van der Waals surface area contributed by atoms with Crippen LogP contribution in [-0.2, 0) is 19.3 Å². The molecule has 2 aliphatic rings. The summed E-state index contributed by atoms with van der Waals surface area (Å²) < 4.78 is 0. The van der Waals surface area contributed by atoms with E-state index in [9.17, 15) is 19.8 Å². The Morgan fingerprint density at radius 1 is 0.674 bits per heavy atom. The summed E-state index contributed by atoms with van der Waals surface area (Å²) in [5.41, 5.74) is -1.46. The Hall–Kier alpha value is -1.30. The SMILES string of the molecule is CCC1(C)CC(O)C(C)C(C)(CC)N1OC(C)C(=O)NCCCCCCNC(=O)C(C)ON1C(C)(CC)CC(O)C(C)C1(C)CC. The van der Waals surface area contributed by atoms with Gasteiger partial charge in [0.2, 0.25) is 0 Å². The predicted octanol–water partition coefficient (Wildman–Crippen LogP) is 5.50. The molecule has 2 rings (SSSR count). The number of hydrogen-bond acceptors (Lipinski definition) is 8. The van der Waals surface area contributed by atoms with Crippen molar-refractivity contribution >= 4 is 11.8 Å². The van der Waals surface area contributed by atoms with Gasteiger partial charge in [-0.05, 0) is 92.9 Å². The molecule has 270 valence electrons. The van der Waals surface area contributed by atoms with Crippen LogP contribution in [0.5, 0.6) is 0 Å². The number of nitrogens with one attached hydrogen (secondary N) is 2. The Labute approximate surface area is 280 Å². The molecule has 0 spiro atoms. The summed E-state index contributed by atoms with van der Waals surface area (Å²) in [7, 11) is 0. The van der Waals surface area contributed by atoms with Crippen LogP contribution in [0.2, 0.25) is 0 Å². The topological polar surface area (TPSA) is 124 Å². The van der Waals surface area contributed by atoms with Crippen molar-refractivity contribution in [2.75, 3.05) is 13.1 Å². The summed E-state index contributed by atoms with van der Waals surface area (Å²) in [5.74, 6) is -0.217. The zero-order valence-corrected chi connectivity index (χ0v) is 31.4. The van der Waals surface area contributed by atoms with E-state index in [1.807, 2.05) is 10.1 Å². The van der Waals surface area contributed by atoms with Crippen molar-refractivity contribution in [2.24, 2.45) is 11.8 Å². The van der Waals surface area contributed by atoms with Crippen LogP contribution in [0.4, 0.5) is 0 Å². The van der Waals surface area contributed by atoms with Gasteiger partial charge in [-0.1, -0.05) is 54.4 Å². The molecule has 2 aliphatic heterocycles. The summed E-state index contributed by atoms with van der Waals surface area (Å²) in [6.45, 7) is 25.8. The van der Waals surface area contributed by atoms with Crippen LogP contribution in [0.1, 0.15) is 147 Å². The third-order valence-electron chi connectivity index (χ3n) is 12.2. The number of carbonyl (C=O) groups is 2. The molecule has 0 aliphatic carbocycles. The largest absolute Gasteiger partial charge is 0.393 e. The molecule has 0 aromatic carbocycles. The number of piperidine rings is 2. The third-order valence-corrected chi connectivity index (χ3v) is 12.2. The molecule has 10 nitrogen and oxygen atoms in total. The van der Waals surface area contributed by atoms with Gasteiger partial charge in [0, 0.05) is 47.1 Å². The molecule has 10 heteroatoms. The number of hydroxylamine groups is 4. The fourth-order valence-corrected chi connectivity index (χ4v) is 7.58. The van der Waals surface area contributed by atoms with Gasteiger partial charge >= 0.3 is 0 Å². The van der Waals surface area contributed by atoms with E-state index in [1.165, 1.54) is 0 Å². The lowest BCUT2D eigenvalue weighted by Crippen LogP contribution is -2.68. The monoisotopic (exact) mass is 655 g/mol. The zero-order chi connectivity index (χ0) is 35.1. The van der Waals surface area contributed by atoms with Gasteiger partial charge in [-0.25, -0.2) is 0 Å². The van der Waals surface area contributed by atoms with E-state index in [4.69, 9.17) is 9.68 Å². The van der Waals surface area contributed by atoms with Crippen molar-refractivity contribution in [1.82, 2.24) is 20.8 Å². The number of carbonyl (C=O) groups excluding carboxylic acids is 2. The van der Waals surface area contributed by atoms with E-state index in [-0.39, 0.29) is 45.8 Å². The van der Waals surface area contributed by atoms with Crippen LogP contribution < -0.4 is 10.6 Å². The molecule has 10 unspecified atom stereocenters. The second-order valence-electron chi connectivity index (χ2n) is 15.3. The minimum absolute atomic E-state index is 0.0233. The Morgan fingerprint density at radius 2 is 1.00 bits per heavy atom. The number of unbranched alkanes of at least 4 members (excludes halogenated alkanes) is 3. The second-order valence-corrected chi connectivity index (χ2v) is 15.3. The number of aliphatic hydroxyl groups excluding tert-OH is 2. The Morgan fingerprint density at radius 3 is 1.28 bits per heavy atom. The molecule has 2 heterocycles. The van der Waals surface area contributed by atoms with Gasteiger partial charge in [-0.2, -0.15) is 10.1 Å². The molecule has 10 atom stereocenters. The van der Waals surface area contributed by atoms with Crippen molar-refractivity contribution in [2.45, 2.75) is 194 Å². The number of rotatable bonds is 17. The number of nitrogens with zero attached hydrogens (tertiary/aromatic N) is 2. The zero-order valence-electron chi connectivity index (χ0n) is 31.4. The first-order chi connectivity index (χ1) is 21.4. The molecule has 46 heavy (non-hydrogen) atoms. The van der Waals surface area contributed by atoms with Gasteiger partial charge in [0.25, 0.3) is 11.8 Å². The maximum atomic E-state index is 12.9. The maximum absolute atomic E-state index is 12.9. The molecular formula is C36H70N4O6. The van der Waals surface area contributed by atoms with Gasteiger partial charge in [-0.15, -0.1) is 0 Å². The highest BCUT2D eigenvalue weighted by molar-refractivity contribution is 5.80. The van der Waals surface area contributed by atoms with Crippen molar-refractivity contribution in [3.63, 3.8) is 0 Å². The fraction of sp³-hybridized carbons (Fsp3) is 0.944. The van der Waals surface area contributed by atoms with Gasteiger partial charge in [0.1, 0.15) is 0 Å². The van der Waals surface area contributed by atoms with Crippen LogP contribution in [-0.4, -0.2) is 91.8 Å². The lowest BCUT2D eigenvalue weighted by Gasteiger charge is -2.58. The Kier molecular flexibility index (Phi) is 15.0. The molecule has 2 saturated heterocycles. The molecule has 0 aromatic rings. The van der Waals surface area contributed by atoms with Crippen LogP contribution >= 0.6 is 0 Å². The molecule has 4 N–H and O–H groups in total. The first kappa shape index (κ1) is 40.9. The Bertz CT molecular complexity index is 910. The van der Waals surface area contributed by atoms with Gasteiger partial charge in [0.15, 0.2) is 12.2 Å². The average molecular weight is 655 g/mol. The standard InChI is InChI=1S/C36H70N4O6/c1-13-33(9)23-29(41)25(5)35(11,15-3)39(33)45-27(7)31(43)37-21-19-17-18-20-22-38-32(44)28(8)46-40-34(10,14-2)24-30(42)26(6)36(40,12)16-4/h25-30,41-42H,13-24H2,1-12H3,(H,37,43)(H,38,44). The Balaban J connectivity index is 1.75. The summed E-state index contributed by atoms with van der Waals surface area (Å²) in [5, 5.41) is 31.6. The fourth-order valence-electron chi connectivity index (χ4n) is 7.58. The molecule has 0 aromatic heterocycles. The van der Waals surface area contributed by atoms with Crippen molar-refractivity contribution in [3.05, 3.63) is 0 Å². The normalized spacial score (nSPS) is 37.1. The number of hydrogen-bond donors (Lipinski definition) is 4. The summed E-state index contributed by atoms with van der Waals surface area (Å²) >= 11 is 0. The minimum Gasteiger partial charge on any atom is -0.393 e. The van der Waals surface area contributed by atoms with Crippen molar-refractivity contribution < 1.29 is 29.5 Å². The van der Waals surface area contributed by atoms with Crippen molar-refractivity contribution in [1.29, 1.82) is 0 Å². The predicted molar refractivity (Wildman–Crippen MR) is 184 cm³/mol. The quantitative estimate of drug-likeness (QED) is 0.152. The second kappa shape index (κ2) is 16.9. The van der Waals surface area contributed by atoms with E-state index in [0.29, 0.717) is 25.9 Å². The lowest BCUT2D eigenvalue weighted by molar-refractivity contribution is -0.328. The van der Waals surface area contributed by atoms with E-state index in [1.54, 1.807) is 13.8 Å². The van der Waals surface area contributed by atoms with Gasteiger partial charge in [-0.3, -0.25) is 19.3 Å². The molecule has 0 radical (unpaired) electrons. The maximum Gasteiger partial charge on any atom is 0.250 e. The molecule has 0 saturated carbocycles.